The zero-order valence-corrected chi connectivity index (χ0v) is 13.6. The SMILES string of the molecule is COCCN(C)CCNc1nc2c(cc1C(N)=S)CCC2. The molecule has 0 bridgehead atoms. The molecule has 0 amide bonds. The number of fused-ring (bicyclic) bond motifs is 1. The van der Waals surface area contributed by atoms with Crippen LogP contribution < -0.4 is 11.1 Å². The molecule has 3 N–H and O–H groups in total. The van der Waals surface area contributed by atoms with E-state index in [4.69, 9.17) is 27.7 Å². The third-order valence-corrected chi connectivity index (χ3v) is 4.00. The lowest BCUT2D eigenvalue weighted by molar-refractivity contribution is 0.163. The average Bonchev–Trinajstić information content (AvgIpc) is 2.91. The van der Waals surface area contributed by atoms with Gasteiger partial charge in [-0.15, -0.1) is 0 Å². The van der Waals surface area contributed by atoms with Gasteiger partial charge in [0, 0.05) is 32.4 Å². The number of nitrogens with one attached hydrogen (secondary N) is 1. The molecule has 2 rings (SSSR count). The maximum atomic E-state index is 5.83. The zero-order chi connectivity index (χ0) is 15.2. The molecule has 1 aliphatic carbocycles. The van der Waals surface area contributed by atoms with Gasteiger partial charge >= 0.3 is 0 Å². The fourth-order valence-corrected chi connectivity index (χ4v) is 2.67. The van der Waals surface area contributed by atoms with Crippen molar-refractivity contribution in [2.24, 2.45) is 5.73 Å². The van der Waals surface area contributed by atoms with Crippen molar-refractivity contribution in [2.45, 2.75) is 19.3 Å². The molecule has 0 spiro atoms. The van der Waals surface area contributed by atoms with Gasteiger partial charge in [-0.1, -0.05) is 12.2 Å². The van der Waals surface area contributed by atoms with Crippen LogP contribution in [-0.4, -0.2) is 55.3 Å². The summed E-state index contributed by atoms with van der Waals surface area (Å²) in [5, 5.41) is 3.37. The molecule has 6 heteroatoms. The number of aromatic nitrogens is 1. The first kappa shape index (κ1) is 16.1. The second kappa shape index (κ2) is 7.68. The number of pyridine rings is 1. The summed E-state index contributed by atoms with van der Waals surface area (Å²) < 4.78 is 5.07. The Labute approximate surface area is 131 Å². The van der Waals surface area contributed by atoms with Crippen molar-refractivity contribution in [1.82, 2.24) is 9.88 Å². The van der Waals surface area contributed by atoms with E-state index >= 15 is 0 Å². The predicted molar refractivity (Wildman–Crippen MR) is 90.0 cm³/mol. The topological polar surface area (TPSA) is 63.4 Å². The number of ether oxygens (including phenoxy) is 1. The minimum atomic E-state index is 0.410. The van der Waals surface area contributed by atoms with Gasteiger partial charge in [-0.2, -0.15) is 0 Å². The van der Waals surface area contributed by atoms with E-state index in [1.807, 2.05) is 0 Å². The van der Waals surface area contributed by atoms with E-state index in [1.165, 1.54) is 17.7 Å². The Morgan fingerprint density at radius 3 is 3.00 bits per heavy atom. The summed E-state index contributed by atoms with van der Waals surface area (Å²) in [6, 6.07) is 2.11. The van der Waals surface area contributed by atoms with Crippen LogP contribution in [0.15, 0.2) is 6.07 Å². The molecule has 0 aliphatic heterocycles. The van der Waals surface area contributed by atoms with Crippen LogP contribution in [0.5, 0.6) is 0 Å². The van der Waals surface area contributed by atoms with Crippen LogP contribution in [-0.2, 0) is 17.6 Å². The van der Waals surface area contributed by atoms with Crippen molar-refractivity contribution >= 4 is 23.0 Å². The van der Waals surface area contributed by atoms with Gasteiger partial charge in [0.25, 0.3) is 0 Å². The predicted octanol–water partition coefficient (Wildman–Crippen LogP) is 1.19. The van der Waals surface area contributed by atoms with Crippen LogP contribution in [0.1, 0.15) is 23.2 Å². The summed E-state index contributed by atoms with van der Waals surface area (Å²) in [5.41, 5.74) is 9.17. The molecule has 0 aromatic carbocycles. The number of rotatable bonds is 8. The molecular formula is C15H24N4OS. The highest BCUT2D eigenvalue weighted by Crippen LogP contribution is 2.25. The Hall–Kier alpha value is -1.24. The molecule has 0 saturated carbocycles. The smallest absolute Gasteiger partial charge is 0.136 e. The summed E-state index contributed by atoms with van der Waals surface area (Å²) in [7, 11) is 3.79. The third kappa shape index (κ3) is 4.36. The number of aryl methyl sites for hydroxylation is 2. The van der Waals surface area contributed by atoms with Gasteiger partial charge in [-0.05, 0) is 37.9 Å². The van der Waals surface area contributed by atoms with Crippen LogP contribution in [0.4, 0.5) is 5.82 Å². The van der Waals surface area contributed by atoms with E-state index in [0.29, 0.717) is 4.99 Å². The number of anilines is 1. The molecule has 1 aliphatic rings. The summed E-state index contributed by atoms with van der Waals surface area (Å²) in [4.78, 5) is 7.33. The van der Waals surface area contributed by atoms with Gasteiger partial charge in [0.2, 0.25) is 0 Å². The normalized spacial score (nSPS) is 13.5. The summed E-state index contributed by atoms with van der Waals surface area (Å²) in [6.45, 7) is 3.38. The quantitative estimate of drug-likeness (QED) is 0.704. The van der Waals surface area contributed by atoms with Crippen LogP contribution in [0, 0.1) is 0 Å². The van der Waals surface area contributed by atoms with Crippen molar-refractivity contribution in [2.75, 3.05) is 45.7 Å². The fourth-order valence-electron chi connectivity index (χ4n) is 2.52. The molecule has 1 aromatic heterocycles. The van der Waals surface area contributed by atoms with Crippen LogP contribution in [0.2, 0.25) is 0 Å². The second-order valence-electron chi connectivity index (χ2n) is 5.43. The first-order valence-electron chi connectivity index (χ1n) is 7.35. The number of likely N-dealkylation sites (N-methyl/N-ethyl adjacent to an activating group) is 1. The van der Waals surface area contributed by atoms with Crippen molar-refractivity contribution in [3.63, 3.8) is 0 Å². The number of hydrogen-bond acceptors (Lipinski definition) is 5. The van der Waals surface area contributed by atoms with Crippen molar-refractivity contribution in [3.05, 3.63) is 22.9 Å². The molecule has 0 radical (unpaired) electrons. The van der Waals surface area contributed by atoms with Crippen LogP contribution >= 0.6 is 12.2 Å². The highest BCUT2D eigenvalue weighted by molar-refractivity contribution is 7.80. The molecule has 116 valence electrons. The maximum Gasteiger partial charge on any atom is 0.136 e. The average molecular weight is 308 g/mol. The Kier molecular flexibility index (Phi) is 5.90. The largest absolute Gasteiger partial charge is 0.389 e. The fraction of sp³-hybridized carbons (Fsp3) is 0.600. The summed E-state index contributed by atoms with van der Waals surface area (Å²) in [5.74, 6) is 0.822. The number of thiocarbonyl (C=S) groups is 1. The van der Waals surface area contributed by atoms with E-state index in [-0.39, 0.29) is 0 Å². The van der Waals surface area contributed by atoms with Crippen LogP contribution in [0.25, 0.3) is 0 Å². The second-order valence-corrected chi connectivity index (χ2v) is 5.87. The number of hydrogen-bond donors (Lipinski definition) is 2. The standard InChI is InChI=1S/C15H24N4OS/c1-19(8-9-20-2)7-6-17-15-12(14(16)21)10-11-4-3-5-13(11)18-15/h10H,3-9H2,1-2H3,(H2,16,21)(H,17,18). The maximum absolute atomic E-state index is 5.83. The van der Waals surface area contributed by atoms with E-state index < -0.39 is 0 Å². The molecular weight excluding hydrogens is 284 g/mol. The van der Waals surface area contributed by atoms with Gasteiger partial charge in [-0.3, -0.25) is 0 Å². The molecule has 1 aromatic rings. The van der Waals surface area contributed by atoms with E-state index in [9.17, 15) is 0 Å². The number of nitrogens with two attached hydrogens (primary N) is 1. The molecule has 0 saturated heterocycles. The molecule has 0 atom stereocenters. The minimum Gasteiger partial charge on any atom is -0.389 e. The Bertz CT molecular complexity index is 507. The lowest BCUT2D eigenvalue weighted by atomic mass is 10.1. The van der Waals surface area contributed by atoms with Gasteiger partial charge in [0.05, 0.1) is 12.2 Å². The Morgan fingerprint density at radius 1 is 1.48 bits per heavy atom. The Balaban J connectivity index is 1.97. The first-order chi connectivity index (χ1) is 10.1. The highest BCUT2D eigenvalue weighted by atomic mass is 32.1. The third-order valence-electron chi connectivity index (χ3n) is 3.78. The van der Waals surface area contributed by atoms with Crippen LogP contribution in [0.3, 0.4) is 0 Å². The monoisotopic (exact) mass is 308 g/mol. The van der Waals surface area contributed by atoms with Gasteiger partial charge in [0.1, 0.15) is 10.8 Å². The molecule has 0 unspecified atom stereocenters. The first-order valence-corrected chi connectivity index (χ1v) is 7.76. The molecule has 21 heavy (non-hydrogen) atoms. The molecule has 5 nitrogen and oxygen atoms in total. The Morgan fingerprint density at radius 2 is 2.29 bits per heavy atom. The highest BCUT2D eigenvalue weighted by Gasteiger charge is 2.17. The van der Waals surface area contributed by atoms with Crippen molar-refractivity contribution < 1.29 is 4.74 Å². The number of nitrogens with zero attached hydrogens (tertiary/aromatic N) is 2. The number of methoxy groups -OCH3 is 1. The van der Waals surface area contributed by atoms with Crippen molar-refractivity contribution in [1.29, 1.82) is 0 Å². The lowest BCUT2D eigenvalue weighted by Crippen LogP contribution is -2.29. The summed E-state index contributed by atoms with van der Waals surface area (Å²) in [6.07, 6.45) is 3.30. The molecule has 0 fully saturated rings. The van der Waals surface area contributed by atoms with Gasteiger partial charge < -0.3 is 20.7 Å². The lowest BCUT2D eigenvalue weighted by Gasteiger charge is -2.18. The molecule has 1 heterocycles. The van der Waals surface area contributed by atoms with Gasteiger partial charge in [-0.25, -0.2) is 4.98 Å². The zero-order valence-electron chi connectivity index (χ0n) is 12.8. The van der Waals surface area contributed by atoms with Crippen molar-refractivity contribution in [3.8, 4) is 0 Å². The van der Waals surface area contributed by atoms with E-state index in [1.54, 1.807) is 7.11 Å². The van der Waals surface area contributed by atoms with E-state index in [0.717, 1.165) is 50.5 Å². The summed E-state index contributed by atoms with van der Waals surface area (Å²) >= 11 is 5.15. The minimum absolute atomic E-state index is 0.410. The van der Waals surface area contributed by atoms with Gasteiger partial charge in [0.15, 0.2) is 0 Å². The van der Waals surface area contributed by atoms with E-state index in [2.05, 4.69) is 23.3 Å².